The van der Waals surface area contributed by atoms with Crippen LogP contribution >= 0.6 is 12.4 Å². The van der Waals surface area contributed by atoms with Crippen LogP contribution in [0.1, 0.15) is 20.7 Å². The van der Waals surface area contributed by atoms with Gasteiger partial charge in [-0.3, -0.25) is 0 Å². The molecule has 0 aromatic carbocycles. The summed E-state index contributed by atoms with van der Waals surface area (Å²) in [6, 6.07) is 5.43. The zero-order chi connectivity index (χ0) is 18.5. The van der Waals surface area contributed by atoms with Gasteiger partial charge in [-0.15, -0.1) is 17.5 Å². The first-order valence-electron chi connectivity index (χ1n) is 6.09. The molecule has 2 rings (SSSR count). The van der Waals surface area contributed by atoms with Gasteiger partial charge in [0.2, 0.25) is 0 Å². The van der Waals surface area contributed by atoms with Crippen LogP contribution in [0.3, 0.4) is 0 Å². The normalized spacial score (nSPS) is 6.87. The number of halogens is 4. The van der Waals surface area contributed by atoms with E-state index >= 15 is 0 Å². The van der Waals surface area contributed by atoms with E-state index in [-0.39, 0.29) is 98.3 Å². The molecule has 1 radical (unpaired) electrons. The second kappa shape index (κ2) is 27.2. The second-order valence-electron chi connectivity index (χ2n) is 3.67. The molecule has 0 aliphatic carbocycles. The summed E-state index contributed by atoms with van der Waals surface area (Å²) in [7, 11) is 1.00. The largest absolute Gasteiger partial charge is 1.00 e. The van der Waals surface area contributed by atoms with E-state index in [0.717, 1.165) is 19.5 Å². The molecule has 0 bridgehead atoms. The number of aromatic carboxylic acids is 2. The minimum atomic E-state index is -1.04. The topological polar surface area (TPSA) is 225 Å². The fourth-order valence-corrected chi connectivity index (χ4v) is 1.17. The van der Waals surface area contributed by atoms with Crippen molar-refractivity contribution in [3.8, 4) is 0 Å². The number of aromatic nitrogens is 2. The molecule has 0 amide bonds. The number of rotatable bonds is 4. The van der Waals surface area contributed by atoms with Crippen LogP contribution in [0.5, 0.6) is 0 Å². The number of aliphatic hydroxyl groups excluding tert-OH is 1. The molecule has 0 atom stereocenters. The summed E-state index contributed by atoms with van der Waals surface area (Å²) >= 11 is 0. The Morgan fingerprint density at radius 1 is 0.967 bits per heavy atom. The average Bonchev–Trinajstić information content (AvgIpc) is 2.64. The van der Waals surface area contributed by atoms with E-state index in [4.69, 9.17) is 26.4 Å². The van der Waals surface area contributed by atoms with Crippen LogP contribution in [0.2, 0.25) is 0 Å². The first kappa shape index (κ1) is 46.4. The summed E-state index contributed by atoms with van der Waals surface area (Å²) in [4.78, 5) is 27.7. The van der Waals surface area contributed by atoms with E-state index in [2.05, 4.69) is 15.1 Å². The Labute approximate surface area is 209 Å². The van der Waals surface area contributed by atoms with Gasteiger partial charge in [0, 0.05) is 39.8 Å². The number of carboxylic acids is 2. The summed E-state index contributed by atoms with van der Waals surface area (Å²) in [5, 5.41) is 28.7. The second-order valence-corrected chi connectivity index (χ2v) is 3.67. The maximum atomic E-state index is 10.3. The van der Waals surface area contributed by atoms with Crippen molar-refractivity contribution in [2.24, 2.45) is 5.11 Å². The van der Waals surface area contributed by atoms with Gasteiger partial charge in [-0.2, -0.15) is 0 Å². The van der Waals surface area contributed by atoms with E-state index in [1.54, 1.807) is 5.11 Å². The van der Waals surface area contributed by atoms with E-state index in [9.17, 15) is 9.59 Å². The monoisotopic (exact) mass is 680 g/mol. The van der Waals surface area contributed by atoms with Gasteiger partial charge in [-0.05, 0) is 18.2 Å². The van der Waals surface area contributed by atoms with Gasteiger partial charge in [0.25, 0.3) is 0 Å². The van der Waals surface area contributed by atoms with Crippen molar-refractivity contribution < 1.29 is 93.1 Å². The van der Waals surface area contributed by atoms with Crippen LogP contribution in [0.15, 0.2) is 41.8 Å². The Morgan fingerprint density at radius 2 is 1.37 bits per heavy atom. The molecular formula is C13H17Cl4N6O6Re-3. The maximum absolute atomic E-state index is 10.3. The molecule has 2 heterocycles. The van der Waals surface area contributed by atoms with Crippen molar-refractivity contribution in [2.45, 2.75) is 0 Å². The number of pyridine rings is 2. The molecule has 30 heavy (non-hydrogen) atoms. The standard InChI is InChI=1S/2C6H5N3O2.CH4O.4ClH.H2O.Re/c2*7-9-5-2-1-4(3-8-5)6(10)11;1-2;;;;;;/h1-3,9H,(H,10,11);1-3,7H,(H,10,11);2H,1H3;4*1H;1H2;/p-3. The van der Waals surface area contributed by atoms with Crippen LogP contribution in [0.4, 0.5) is 11.6 Å². The average molecular weight is 681 g/mol. The summed E-state index contributed by atoms with van der Waals surface area (Å²) in [5.74, 6) is -1.65. The number of aliphatic hydroxyl groups is 1. The SMILES string of the molecule is CO.Cl.N=Nc1ccc(C(=O)O)cn1.O.[Cl-].[Cl-].[Cl-].[N-]=[NH+]c1ccc(C(=O)O)cn1.[Re]. The molecule has 2 aromatic rings. The van der Waals surface area contributed by atoms with Crippen molar-refractivity contribution in [3.05, 3.63) is 53.3 Å². The van der Waals surface area contributed by atoms with Crippen molar-refractivity contribution in [1.82, 2.24) is 9.97 Å². The first-order valence-corrected chi connectivity index (χ1v) is 6.09. The van der Waals surface area contributed by atoms with E-state index < -0.39 is 11.9 Å². The van der Waals surface area contributed by atoms with E-state index in [1.807, 2.05) is 0 Å². The van der Waals surface area contributed by atoms with Gasteiger partial charge < -0.3 is 68.7 Å². The Hall–Kier alpha value is -1.82. The number of carbonyl (C=O) groups is 2. The predicted octanol–water partition coefficient (Wildman–Crippen LogP) is -8.83. The van der Waals surface area contributed by atoms with Crippen molar-refractivity contribution in [3.63, 3.8) is 0 Å². The van der Waals surface area contributed by atoms with Gasteiger partial charge in [0.15, 0.2) is 12.0 Å². The quantitative estimate of drug-likeness (QED) is 0.196. The smallest absolute Gasteiger partial charge is 0.339 e. The molecule has 0 saturated carbocycles. The van der Waals surface area contributed by atoms with Gasteiger partial charge >= 0.3 is 17.8 Å². The van der Waals surface area contributed by atoms with Crippen LogP contribution in [0, 0.1) is 5.53 Å². The molecule has 0 spiro atoms. The van der Waals surface area contributed by atoms with Crippen LogP contribution < -0.4 is 42.3 Å². The fraction of sp³-hybridized carbons (Fsp3) is 0.0769. The maximum Gasteiger partial charge on any atom is 0.339 e. The van der Waals surface area contributed by atoms with E-state index in [1.165, 1.54) is 24.3 Å². The van der Waals surface area contributed by atoms with Gasteiger partial charge in [-0.25, -0.2) is 20.1 Å². The Morgan fingerprint density at radius 3 is 1.60 bits per heavy atom. The molecule has 0 unspecified atom stereocenters. The van der Waals surface area contributed by atoms with Crippen LogP contribution in [-0.4, -0.2) is 49.8 Å². The van der Waals surface area contributed by atoms with Crippen molar-refractivity contribution >= 4 is 36.0 Å². The van der Waals surface area contributed by atoms with Gasteiger partial charge in [0.1, 0.15) is 5.56 Å². The third kappa shape index (κ3) is 18.2. The molecule has 17 heteroatoms. The molecule has 0 fully saturated rings. The molecule has 2 aromatic heterocycles. The summed E-state index contributed by atoms with van der Waals surface area (Å²) in [6.07, 6.45) is 2.32. The Kier molecular flexibility index (Phi) is 42.1. The predicted molar refractivity (Wildman–Crippen MR) is 90.2 cm³/mol. The number of nitrogens with zero attached hydrogens (tertiary/aromatic N) is 4. The van der Waals surface area contributed by atoms with Gasteiger partial charge in [-0.1, -0.05) is 4.98 Å². The number of carboxylic acid groups (broad SMARTS) is 2. The summed E-state index contributed by atoms with van der Waals surface area (Å²) < 4.78 is 0. The minimum Gasteiger partial charge on any atom is -1.00 e. The van der Waals surface area contributed by atoms with Crippen molar-refractivity contribution in [1.29, 1.82) is 5.53 Å². The molecule has 0 saturated heterocycles. The number of nitrogens with one attached hydrogen (secondary N) is 2. The third-order valence-corrected chi connectivity index (χ3v) is 2.23. The van der Waals surface area contributed by atoms with Crippen LogP contribution in [0.25, 0.3) is 5.53 Å². The first-order chi connectivity index (χ1) is 11.5. The molecule has 0 aliphatic heterocycles. The van der Waals surface area contributed by atoms with Gasteiger partial charge in [0.05, 0.1) is 5.56 Å². The molecular weight excluding hydrogens is 664 g/mol. The van der Waals surface area contributed by atoms with E-state index in [0.29, 0.717) is 0 Å². The fourth-order valence-electron chi connectivity index (χ4n) is 1.17. The Bertz CT molecular complexity index is 651. The van der Waals surface area contributed by atoms with Crippen molar-refractivity contribution in [2.75, 3.05) is 7.11 Å². The Balaban J connectivity index is -0.0000000549. The molecule has 173 valence electrons. The summed E-state index contributed by atoms with van der Waals surface area (Å²) in [6.45, 7) is 0. The molecule has 12 nitrogen and oxygen atoms in total. The zero-order valence-corrected chi connectivity index (χ0v) is 20.6. The molecule has 0 aliphatic rings. The van der Waals surface area contributed by atoms with Crippen LogP contribution in [-0.2, 0) is 20.4 Å². The number of hydrogen-bond donors (Lipinski definition) is 5. The summed E-state index contributed by atoms with van der Waals surface area (Å²) in [5.41, 5.74) is 15.0. The third-order valence-electron chi connectivity index (χ3n) is 2.23. The number of hydrogen-bond acceptors (Lipinski definition) is 7. The zero-order valence-electron chi connectivity index (χ0n) is 14.8. The molecule has 7 N–H and O–H groups in total. The minimum absolute atomic E-state index is 0.